The number of nitrogens with one attached hydrogen (secondary N) is 1. The molecule has 0 aromatic heterocycles. The van der Waals surface area contributed by atoms with Gasteiger partial charge in [0, 0.05) is 0 Å². The molecule has 0 bridgehead atoms. The van der Waals surface area contributed by atoms with Gasteiger partial charge in [-0.15, -0.1) is 0 Å². The molecule has 0 saturated carbocycles. The highest BCUT2D eigenvalue weighted by atomic mass is 16.5. The van der Waals surface area contributed by atoms with Gasteiger partial charge in [0.2, 0.25) is 0 Å². The fraction of sp³-hybridized carbons (Fsp3) is 0.462. The zero-order valence-electron chi connectivity index (χ0n) is 10.2. The number of rotatable bonds is 4. The van der Waals surface area contributed by atoms with Gasteiger partial charge in [-0.2, -0.15) is 5.26 Å². The van der Waals surface area contributed by atoms with Crippen LogP contribution in [0.2, 0.25) is 0 Å². The first-order valence-corrected chi connectivity index (χ1v) is 5.42. The Balaban J connectivity index is 3.03. The third kappa shape index (κ3) is 2.90. The Morgan fingerprint density at radius 2 is 2.00 bits per heavy atom. The minimum absolute atomic E-state index is 0.226. The Bertz CT molecular complexity index is 393. The molecule has 1 unspecified atom stereocenters. The van der Waals surface area contributed by atoms with Crippen LogP contribution in [0.1, 0.15) is 32.3 Å². The van der Waals surface area contributed by atoms with Crippen molar-refractivity contribution >= 4 is 5.69 Å². The highest BCUT2D eigenvalue weighted by Crippen LogP contribution is 2.28. The van der Waals surface area contributed by atoms with E-state index in [1.807, 2.05) is 25.1 Å². The van der Waals surface area contributed by atoms with Gasteiger partial charge in [0.05, 0.1) is 18.9 Å². The number of hydrogen-bond acceptors (Lipinski definition) is 3. The number of nitrogens with zero attached hydrogens (tertiary/aromatic N) is 1. The minimum atomic E-state index is -0.226. The van der Waals surface area contributed by atoms with Gasteiger partial charge in [-0.3, -0.25) is 0 Å². The first-order valence-electron chi connectivity index (χ1n) is 5.42. The Morgan fingerprint density at radius 1 is 1.31 bits per heavy atom. The maximum Gasteiger partial charge on any atom is 0.142 e. The number of nitriles is 1. The van der Waals surface area contributed by atoms with Crippen molar-refractivity contribution in [3.05, 3.63) is 23.8 Å². The summed E-state index contributed by atoms with van der Waals surface area (Å²) in [6.07, 6.45) is 0. The van der Waals surface area contributed by atoms with Gasteiger partial charge in [-0.25, -0.2) is 0 Å². The van der Waals surface area contributed by atoms with Crippen LogP contribution in [-0.4, -0.2) is 13.2 Å². The second-order valence-electron chi connectivity index (χ2n) is 4.11. The number of hydrogen-bond donors (Lipinski definition) is 1. The maximum absolute atomic E-state index is 8.78. The SMILES string of the molecule is COc1ccc(C(C)C)cc1NC(C)C#N. The molecular weight excluding hydrogens is 200 g/mol. The van der Waals surface area contributed by atoms with Crippen LogP contribution in [-0.2, 0) is 0 Å². The average Bonchev–Trinajstić information content (AvgIpc) is 2.28. The van der Waals surface area contributed by atoms with Crippen molar-refractivity contribution in [2.45, 2.75) is 32.7 Å². The molecular formula is C13H18N2O. The van der Waals surface area contributed by atoms with E-state index in [2.05, 4.69) is 25.2 Å². The lowest BCUT2D eigenvalue weighted by atomic mass is 10.0. The second-order valence-corrected chi connectivity index (χ2v) is 4.11. The summed E-state index contributed by atoms with van der Waals surface area (Å²) in [5, 5.41) is 11.9. The van der Waals surface area contributed by atoms with E-state index in [1.54, 1.807) is 7.11 Å². The average molecular weight is 218 g/mol. The molecule has 1 atom stereocenters. The summed E-state index contributed by atoms with van der Waals surface area (Å²) in [6, 6.07) is 7.94. The third-order valence-corrected chi connectivity index (χ3v) is 2.46. The fourth-order valence-corrected chi connectivity index (χ4v) is 1.46. The third-order valence-electron chi connectivity index (χ3n) is 2.46. The van der Waals surface area contributed by atoms with E-state index in [-0.39, 0.29) is 6.04 Å². The molecule has 0 spiro atoms. The summed E-state index contributed by atoms with van der Waals surface area (Å²) in [5.74, 6) is 1.23. The number of anilines is 1. The summed E-state index contributed by atoms with van der Waals surface area (Å²) in [5.41, 5.74) is 2.11. The van der Waals surface area contributed by atoms with Crippen LogP contribution in [0.4, 0.5) is 5.69 Å². The highest BCUT2D eigenvalue weighted by Gasteiger charge is 2.08. The summed E-state index contributed by atoms with van der Waals surface area (Å²) in [6.45, 7) is 6.10. The molecule has 1 aromatic carbocycles. The van der Waals surface area contributed by atoms with Crippen LogP contribution in [0.3, 0.4) is 0 Å². The molecule has 3 nitrogen and oxygen atoms in total. The smallest absolute Gasteiger partial charge is 0.142 e. The van der Waals surface area contributed by atoms with Gasteiger partial charge in [-0.1, -0.05) is 19.9 Å². The molecule has 0 aliphatic rings. The summed E-state index contributed by atoms with van der Waals surface area (Å²) in [4.78, 5) is 0. The normalized spacial score (nSPS) is 12.0. The van der Waals surface area contributed by atoms with Gasteiger partial charge in [0.1, 0.15) is 11.8 Å². The van der Waals surface area contributed by atoms with Gasteiger partial charge in [0.25, 0.3) is 0 Å². The van der Waals surface area contributed by atoms with E-state index < -0.39 is 0 Å². The molecule has 0 heterocycles. The number of ether oxygens (including phenoxy) is 1. The predicted octanol–water partition coefficient (Wildman–Crippen LogP) is 3.14. The van der Waals surface area contributed by atoms with E-state index in [9.17, 15) is 0 Å². The lowest BCUT2D eigenvalue weighted by molar-refractivity contribution is 0.416. The minimum Gasteiger partial charge on any atom is -0.495 e. The largest absolute Gasteiger partial charge is 0.495 e. The van der Waals surface area contributed by atoms with E-state index in [0.29, 0.717) is 5.92 Å². The van der Waals surface area contributed by atoms with Crippen molar-refractivity contribution in [2.24, 2.45) is 0 Å². The first-order chi connectivity index (χ1) is 7.58. The van der Waals surface area contributed by atoms with Crippen molar-refractivity contribution < 1.29 is 4.74 Å². The Hall–Kier alpha value is -1.69. The molecule has 3 heteroatoms. The van der Waals surface area contributed by atoms with Crippen LogP contribution >= 0.6 is 0 Å². The number of methoxy groups -OCH3 is 1. The molecule has 1 N–H and O–H groups in total. The molecule has 1 aromatic rings. The summed E-state index contributed by atoms with van der Waals surface area (Å²) < 4.78 is 5.25. The number of benzene rings is 1. The Morgan fingerprint density at radius 3 is 2.50 bits per heavy atom. The molecule has 0 amide bonds. The van der Waals surface area contributed by atoms with Crippen molar-refractivity contribution in [2.75, 3.05) is 12.4 Å². The quantitative estimate of drug-likeness (QED) is 0.844. The van der Waals surface area contributed by atoms with E-state index >= 15 is 0 Å². The van der Waals surface area contributed by atoms with Crippen LogP contribution in [0, 0.1) is 11.3 Å². The van der Waals surface area contributed by atoms with E-state index in [1.165, 1.54) is 5.56 Å². The zero-order chi connectivity index (χ0) is 12.1. The van der Waals surface area contributed by atoms with Crippen molar-refractivity contribution in [3.63, 3.8) is 0 Å². The molecule has 86 valence electrons. The first kappa shape index (κ1) is 12.4. The van der Waals surface area contributed by atoms with Crippen molar-refractivity contribution in [3.8, 4) is 11.8 Å². The predicted molar refractivity (Wildman–Crippen MR) is 65.8 cm³/mol. The Labute approximate surface area is 97.0 Å². The lowest BCUT2D eigenvalue weighted by Crippen LogP contribution is -2.13. The van der Waals surface area contributed by atoms with E-state index in [0.717, 1.165) is 11.4 Å². The van der Waals surface area contributed by atoms with Gasteiger partial charge in [-0.05, 0) is 30.5 Å². The van der Waals surface area contributed by atoms with Crippen molar-refractivity contribution in [1.29, 1.82) is 5.26 Å². The van der Waals surface area contributed by atoms with Crippen LogP contribution in [0.25, 0.3) is 0 Å². The second kappa shape index (κ2) is 5.41. The molecule has 0 saturated heterocycles. The molecule has 0 aliphatic carbocycles. The maximum atomic E-state index is 8.78. The van der Waals surface area contributed by atoms with Crippen LogP contribution in [0.5, 0.6) is 5.75 Å². The zero-order valence-corrected chi connectivity index (χ0v) is 10.2. The van der Waals surface area contributed by atoms with Crippen molar-refractivity contribution in [1.82, 2.24) is 0 Å². The molecule has 16 heavy (non-hydrogen) atoms. The topological polar surface area (TPSA) is 45.0 Å². The summed E-state index contributed by atoms with van der Waals surface area (Å²) in [7, 11) is 1.63. The molecule has 0 radical (unpaired) electrons. The highest BCUT2D eigenvalue weighted by molar-refractivity contribution is 5.59. The van der Waals surface area contributed by atoms with Crippen LogP contribution < -0.4 is 10.1 Å². The van der Waals surface area contributed by atoms with E-state index in [4.69, 9.17) is 10.00 Å². The van der Waals surface area contributed by atoms with Crippen LogP contribution in [0.15, 0.2) is 18.2 Å². The van der Waals surface area contributed by atoms with Gasteiger partial charge in [0.15, 0.2) is 0 Å². The fourth-order valence-electron chi connectivity index (χ4n) is 1.46. The standard InChI is InChI=1S/C13H18N2O/c1-9(2)11-5-6-13(16-4)12(7-11)15-10(3)8-14/h5-7,9-10,15H,1-4H3. The molecule has 1 rings (SSSR count). The molecule has 0 aliphatic heterocycles. The Kier molecular flexibility index (Phi) is 4.19. The van der Waals surface area contributed by atoms with Gasteiger partial charge < -0.3 is 10.1 Å². The molecule has 0 fully saturated rings. The van der Waals surface area contributed by atoms with Gasteiger partial charge >= 0.3 is 0 Å². The monoisotopic (exact) mass is 218 g/mol. The summed E-state index contributed by atoms with van der Waals surface area (Å²) >= 11 is 0. The lowest BCUT2D eigenvalue weighted by Gasteiger charge is -2.15.